The molecule has 1 saturated heterocycles. The topological polar surface area (TPSA) is 30.8 Å². The van der Waals surface area contributed by atoms with Gasteiger partial charge in [0.05, 0.1) is 18.9 Å². The van der Waals surface area contributed by atoms with Gasteiger partial charge in [0.1, 0.15) is 5.66 Å². The van der Waals surface area contributed by atoms with Crippen LogP contribution in [0.25, 0.3) is 0 Å². The summed E-state index contributed by atoms with van der Waals surface area (Å²) < 4.78 is 11.5. The third-order valence-corrected chi connectivity index (χ3v) is 3.81. The molecule has 4 heteroatoms. The third-order valence-electron chi connectivity index (χ3n) is 3.81. The summed E-state index contributed by atoms with van der Waals surface area (Å²) in [6.07, 6.45) is 5.52. The second-order valence-electron chi connectivity index (χ2n) is 5.68. The molecule has 0 aromatic heterocycles. The van der Waals surface area contributed by atoms with Gasteiger partial charge in [0, 0.05) is 6.21 Å². The van der Waals surface area contributed by atoms with Crippen LogP contribution in [0.1, 0.15) is 41.0 Å². The normalized spacial score (nSPS) is 23.4. The predicted octanol–water partition coefficient (Wildman–Crippen LogP) is 3.32. The first-order valence-electron chi connectivity index (χ1n) is 6.27. The van der Waals surface area contributed by atoms with Gasteiger partial charge in [-0.2, -0.15) is 0 Å². The minimum Gasteiger partial charge on any atom is -0.506 e. The highest BCUT2D eigenvalue weighted by Gasteiger charge is 2.51. The van der Waals surface area contributed by atoms with E-state index in [4.69, 9.17) is 9.39 Å². The Hall–Kier alpha value is -0.765. The molecule has 0 amide bonds. The van der Waals surface area contributed by atoms with Crippen molar-refractivity contribution in [3.63, 3.8) is 0 Å². The first-order chi connectivity index (χ1) is 7.84. The van der Waals surface area contributed by atoms with Crippen LogP contribution in [0.15, 0.2) is 16.9 Å². The maximum Gasteiger partial charge on any atom is 0.370 e. The summed E-state index contributed by atoms with van der Waals surface area (Å²) in [7, 11) is 1.68. The highest BCUT2D eigenvalue weighted by atomic mass is 16.5. The Kier molecular flexibility index (Phi) is 4.42. The lowest BCUT2D eigenvalue weighted by atomic mass is 9.57. The van der Waals surface area contributed by atoms with Crippen molar-refractivity contribution in [1.29, 1.82) is 0 Å². The van der Waals surface area contributed by atoms with E-state index >= 15 is 0 Å². The van der Waals surface area contributed by atoms with Crippen LogP contribution in [0.3, 0.4) is 0 Å². The largest absolute Gasteiger partial charge is 0.506 e. The van der Waals surface area contributed by atoms with Crippen molar-refractivity contribution in [3.8, 4) is 0 Å². The van der Waals surface area contributed by atoms with E-state index in [9.17, 15) is 0 Å². The maximum atomic E-state index is 6.08. The van der Waals surface area contributed by atoms with Gasteiger partial charge in [-0.15, -0.1) is 0 Å². The van der Waals surface area contributed by atoms with E-state index in [1.807, 2.05) is 6.21 Å². The van der Waals surface area contributed by atoms with Gasteiger partial charge in [-0.25, -0.2) is 0 Å². The first kappa shape index (κ1) is 14.3. The minimum absolute atomic E-state index is 0.0130. The molecule has 0 spiro atoms. The lowest BCUT2D eigenvalue weighted by Gasteiger charge is -2.34. The second kappa shape index (κ2) is 5.26. The number of hydrogen-bond acceptors (Lipinski definition) is 3. The van der Waals surface area contributed by atoms with Crippen LogP contribution in [0, 0.1) is 5.41 Å². The molecular weight excluding hydrogens is 213 g/mol. The molecule has 1 fully saturated rings. The van der Waals surface area contributed by atoms with Gasteiger partial charge < -0.3 is 9.39 Å². The highest BCUT2D eigenvalue weighted by Crippen LogP contribution is 2.46. The quantitative estimate of drug-likeness (QED) is 0.426. The second-order valence-corrected chi connectivity index (χ2v) is 5.68. The van der Waals surface area contributed by atoms with E-state index in [2.05, 4.69) is 39.6 Å². The van der Waals surface area contributed by atoms with Crippen LogP contribution in [0.4, 0.5) is 0 Å². The third kappa shape index (κ3) is 3.12. The monoisotopic (exact) mass is 237 g/mol. The van der Waals surface area contributed by atoms with E-state index in [0.29, 0.717) is 0 Å². The molecule has 0 aliphatic carbocycles. The van der Waals surface area contributed by atoms with Crippen molar-refractivity contribution >= 4 is 13.1 Å². The molecular formula is C13H24BNO2. The van der Waals surface area contributed by atoms with Crippen molar-refractivity contribution in [1.82, 2.24) is 0 Å². The summed E-state index contributed by atoms with van der Waals surface area (Å²) in [6, 6.07) is 0. The van der Waals surface area contributed by atoms with Gasteiger partial charge in [0.2, 0.25) is 0 Å². The summed E-state index contributed by atoms with van der Waals surface area (Å²) >= 11 is 0. The van der Waals surface area contributed by atoms with Gasteiger partial charge in [-0.3, -0.25) is 4.99 Å². The Morgan fingerprint density at radius 3 is 2.47 bits per heavy atom. The SMILES string of the molecule is CCC=N/C=C(\OC)B1CC(C)(C)C(C)(C)O1. The molecule has 1 aliphatic rings. The summed E-state index contributed by atoms with van der Waals surface area (Å²) in [4.78, 5) is 4.21. The molecule has 0 radical (unpaired) electrons. The average molecular weight is 237 g/mol. The van der Waals surface area contributed by atoms with Crippen LogP contribution >= 0.6 is 0 Å². The van der Waals surface area contributed by atoms with E-state index < -0.39 is 0 Å². The fourth-order valence-electron chi connectivity index (χ4n) is 1.92. The highest BCUT2D eigenvalue weighted by molar-refractivity contribution is 6.60. The molecule has 17 heavy (non-hydrogen) atoms. The van der Waals surface area contributed by atoms with Gasteiger partial charge in [0.25, 0.3) is 0 Å². The first-order valence-corrected chi connectivity index (χ1v) is 6.27. The zero-order valence-corrected chi connectivity index (χ0v) is 11.9. The van der Waals surface area contributed by atoms with E-state index in [1.54, 1.807) is 13.3 Å². The Bertz CT molecular complexity index is 305. The van der Waals surface area contributed by atoms with Gasteiger partial charge >= 0.3 is 6.92 Å². The number of aliphatic imine (C=N–C) groups is 1. The molecule has 0 saturated carbocycles. The Morgan fingerprint density at radius 1 is 1.41 bits per heavy atom. The molecule has 0 atom stereocenters. The molecule has 0 N–H and O–H groups in total. The average Bonchev–Trinajstić information content (AvgIpc) is 2.43. The molecule has 0 unspecified atom stereocenters. The Morgan fingerprint density at radius 2 is 2.06 bits per heavy atom. The van der Waals surface area contributed by atoms with Crippen LogP contribution < -0.4 is 0 Å². The molecule has 1 aliphatic heterocycles. The Labute approximate surface area is 105 Å². The number of methoxy groups -OCH3 is 1. The molecule has 0 bridgehead atoms. The fourth-order valence-corrected chi connectivity index (χ4v) is 1.92. The summed E-state index contributed by atoms with van der Waals surface area (Å²) in [5, 5.41) is 0. The maximum absolute atomic E-state index is 6.08. The standard InChI is InChI=1S/C13H24BNO2/c1-7-8-15-9-11(16-6)14-10-12(2,3)13(4,5)17-14/h8-9H,7,10H2,1-6H3/b11-9-,15-8?. The number of rotatable bonds is 4. The van der Waals surface area contributed by atoms with Crippen molar-refractivity contribution in [3.05, 3.63) is 11.9 Å². The zero-order valence-electron chi connectivity index (χ0n) is 11.9. The lowest BCUT2D eigenvalue weighted by Crippen LogP contribution is -2.34. The van der Waals surface area contributed by atoms with Gasteiger partial charge in [0.15, 0.2) is 0 Å². The molecule has 0 aromatic carbocycles. The smallest absolute Gasteiger partial charge is 0.370 e. The zero-order chi connectivity index (χ0) is 13.1. The predicted molar refractivity (Wildman–Crippen MR) is 73.4 cm³/mol. The molecule has 96 valence electrons. The number of nitrogens with zero attached hydrogens (tertiary/aromatic N) is 1. The molecule has 3 nitrogen and oxygen atoms in total. The van der Waals surface area contributed by atoms with Crippen LogP contribution in [-0.4, -0.2) is 25.8 Å². The van der Waals surface area contributed by atoms with E-state index in [0.717, 1.165) is 18.4 Å². The van der Waals surface area contributed by atoms with Crippen molar-refractivity contribution in [2.45, 2.75) is 53.0 Å². The summed E-state index contributed by atoms with van der Waals surface area (Å²) in [5.74, 6) is 0. The van der Waals surface area contributed by atoms with E-state index in [1.165, 1.54) is 0 Å². The van der Waals surface area contributed by atoms with Gasteiger partial charge in [-0.05, 0) is 32.0 Å². The van der Waals surface area contributed by atoms with Crippen LogP contribution in [0.2, 0.25) is 6.32 Å². The fraction of sp³-hybridized carbons (Fsp3) is 0.769. The summed E-state index contributed by atoms with van der Waals surface area (Å²) in [5.41, 5.74) is 0.821. The summed E-state index contributed by atoms with van der Waals surface area (Å²) in [6.45, 7) is 10.8. The minimum atomic E-state index is -0.135. The number of ether oxygens (including phenoxy) is 1. The van der Waals surface area contributed by atoms with Crippen molar-refractivity contribution < 1.29 is 9.39 Å². The number of hydrogen-bond donors (Lipinski definition) is 0. The van der Waals surface area contributed by atoms with Crippen LogP contribution in [-0.2, 0) is 9.39 Å². The Balaban J connectivity index is 2.81. The molecule has 1 rings (SSSR count). The van der Waals surface area contributed by atoms with Crippen molar-refractivity contribution in [2.24, 2.45) is 10.4 Å². The molecule has 1 heterocycles. The van der Waals surface area contributed by atoms with Crippen LogP contribution in [0.5, 0.6) is 0 Å². The lowest BCUT2D eigenvalue weighted by molar-refractivity contribution is 0.0354. The van der Waals surface area contributed by atoms with Crippen molar-refractivity contribution in [2.75, 3.05) is 7.11 Å². The van der Waals surface area contributed by atoms with Gasteiger partial charge in [-0.1, -0.05) is 20.8 Å². The van der Waals surface area contributed by atoms with E-state index in [-0.39, 0.29) is 17.9 Å². The molecule has 0 aromatic rings.